The van der Waals surface area contributed by atoms with Crippen LogP contribution < -0.4 is 11.5 Å². The van der Waals surface area contributed by atoms with Gasteiger partial charge in [-0.3, -0.25) is 4.52 Å². The van der Waals surface area contributed by atoms with Gasteiger partial charge in [0.1, 0.15) is 0 Å². The summed E-state index contributed by atoms with van der Waals surface area (Å²) in [6.07, 6.45) is 23.9. The fourth-order valence-corrected chi connectivity index (χ4v) is 4.28. The lowest BCUT2D eigenvalue weighted by Crippen LogP contribution is -2.12. The smallest absolute Gasteiger partial charge is 0.330 e. The van der Waals surface area contributed by atoms with E-state index in [1.807, 2.05) is 0 Å². The Bertz CT molecular complexity index is 411. The molecule has 0 spiro atoms. The lowest BCUT2D eigenvalue weighted by atomic mass is 10.00. The molecule has 0 fully saturated rings. The van der Waals surface area contributed by atoms with Gasteiger partial charge >= 0.3 is 7.82 Å². The third-order valence-corrected chi connectivity index (χ3v) is 7.28. The van der Waals surface area contributed by atoms with Crippen LogP contribution >= 0.6 is 7.82 Å². The Morgan fingerprint density at radius 2 is 0.917 bits per heavy atom. The maximum absolute atomic E-state index is 10.4. The molecular weight excluding hydrogens is 471 g/mol. The molecule has 0 bridgehead atoms. The topological polar surface area (TPSA) is 119 Å². The summed E-state index contributed by atoms with van der Waals surface area (Å²) in [5.74, 6) is 1.56. The molecule has 0 rings (SSSR count). The molecule has 0 saturated carbocycles. The van der Waals surface area contributed by atoms with Crippen molar-refractivity contribution in [2.75, 3.05) is 19.7 Å². The number of phosphoric ester groups is 1. The highest BCUT2D eigenvalue weighted by molar-refractivity contribution is 7.46. The van der Waals surface area contributed by atoms with E-state index in [4.69, 9.17) is 21.3 Å². The predicted molar refractivity (Wildman–Crippen MR) is 159 cm³/mol. The predicted octanol–water partition coefficient (Wildman–Crippen LogP) is 8.73. The van der Waals surface area contributed by atoms with E-state index >= 15 is 0 Å². The Morgan fingerprint density at radius 1 is 0.583 bits per heavy atom. The van der Waals surface area contributed by atoms with Crippen molar-refractivity contribution in [2.45, 2.75) is 157 Å². The first-order chi connectivity index (χ1) is 17.3. The molecule has 222 valence electrons. The fourth-order valence-electron chi connectivity index (χ4n) is 3.91. The highest BCUT2D eigenvalue weighted by Crippen LogP contribution is 2.35. The summed E-state index contributed by atoms with van der Waals surface area (Å²) in [7, 11) is -4.25. The van der Waals surface area contributed by atoms with E-state index in [1.54, 1.807) is 0 Å². The van der Waals surface area contributed by atoms with Crippen LogP contribution in [0.4, 0.5) is 0 Å². The molecule has 7 heteroatoms. The average molecular weight is 539 g/mol. The minimum absolute atomic E-state index is 0.168. The summed E-state index contributed by atoms with van der Waals surface area (Å²) in [6, 6.07) is 0. The normalized spacial score (nSPS) is 12.8. The molecule has 2 unspecified atom stereocenters. The summed E-state index contributed by atoms with van der Waals surface area (Å²) in [6.45, 7) is 13.0. The second-order valence-electron chi connectivity index (χ2n) is 10.2. The zero-order valence-electron chi connectivity index (χ0n) is 25.0. The first kappa shape index (κ1) is 40.5. The minimum atomic E-state index is -4.25. The van der Waals surface area contributed by atoms with E-state index in [9.17, 15) is 4.57 Å². The van der Waals surface area contributed by atoms with Crippen LogP contribution in [0.3, 0.4) is 0 Å². The molecule has 0 aromatic carbocycles. The molecular formula is C29H67N2O4P. The SMILES string of the molecule is CCCCC(CC)CN.CCCCC(CC)CN.CCCCCCCCCCCCCOP(=O)(O)O. The minimum Gasteiger partial charge on any atom is -0.330 e. The maximum atomic E-state index is 10.4. The molecule has 0 amide bonds. The first-order valence-corrected chi connectivity index (χ1v) is 16.9. The van der Waals surface area contributed by atoms with Gasteiger partial charge in [0.15, 0.2) is 0 Å². The van der Waals surface area contributed by atoms with Crippen LogP contribution in [0.15, 0.2) is 0 Å². The van der Waals surface area contributed by atoms with Crippen molar-refractivity contribution in [1.82, 2.24) is 0 Å². The van der Waals surface area contributed by atoms with E-state index in [-0.39, 0.29) is 6.61 Å². The Balaban J connectivity index is -0.000000507. The molecule has 36 heavy (non-hydrogen) atoms. The maximum Gasteiger partial charge on any atom is 0.469 e. The Kier molecular flexibility index (Phi) is 37.2. The summed E-state index contributed by atoms with van der Waals surface area (Å²) in [5.41, 5.74) is 11.0. The van der Waals surface area contributed by atoms with Crippen LogP contribution in [0.25, 0.3) is 0 Å². The molecule has 0 radical (unpaired) electrons. The monoisotopic (exact) mass is 538 g/mol. The zero-order valence-corrected chi connectivity index (χ0v) is 25.9. The molecule has 0 aliphatic rings. The van der Waals surface area contributed by atoms with Crippen molar-refractivity contribution in [3.63, 3.8) is 0 Å². The van der Waals surface area contributed by atoms with Crippen molar-refractivity contribution < 1.29 is 18.9 Å². The fraction of sp³-hybridized carbons (Fsp3) is 1.00. The highest BCUT2D eigenvalue weighted by Gasteiger charge is 2.12. The van der Waals surface area contributed by atoms with Crippen LogP contribution in [-0.2, 0) is 9.09 Å². The number of unbranched alkanes of at least 4 members (excludes halogenated alkanes) is 12. The molecule has 6 nitrogen and oxygen atoms in total. The van der Waals surface area contributed by atoms with Crippen molar-refractivity contribution in [2.24, 2.45) is 23.3 Å². The number of nitrogens with two attached hydrogens (primary N) is 2. The van der Waals surface area contributed by atoms with Gasteiger partial charge in [-0.15, -0.1) is 0 Å². The van der Waals surface area contributed by atoms with Crippen LogP contribution in [0.2, 0.25) is 0 Å². The summed E-state index contributed by atoms with van der Waals surface area (Å²) < 4.78 is 14.8. The van der Waals surface area contributed by atoms with E-state index in [0.717, 1.165) is 44.2 Å². The summed E-state index contributed by atoms with van der Waals surface area (Å²) in [5, 5.41) is 0. The van der Waals surface area contributed by atoms with Gasteiger partial charge in [-0.25, -0.2) is 4.57 Å². The number of rotatable bonds is 23. The Hall–Kier alpha value is 0.0300. The summed E-state index contributed by atoms with van der Waals surface area (Å²) >= 11 is 0. The van der Waals surface area contributed by atoms with E-state index in [2.05, 4.69) is 39.1 Å². The van der Waals surface area contributed by atoms with E-state index in [1.165, 1.54) is 103 Å². The molecule has 0 heterocycles. The van der Waals surface area contributed by atoms with Crippen LogP contribution in [0, 0.1) is 11.8 Å². The van der Waals surface area contributed by atoms with Crippen molar-refractivity contribution >= 4 is 7.82 Å². The number of hydrogen-bond acceptors (Lipinski definition) is 4. The van der Waals surface area contributed by atoms with Crippen LogP contribution in [0.5, 0.6) is 0 Å². The first-order valence-electron chi connectivity index (χ1n) is 15.4. The lowest BCUT2D eigenvalue weighted by molar-refractivity contribution is 0.193. The molecule has 6 N–H and O–H groups in total. The van der Waals surface area contributed by atoms with Gasteiger partial charge in [0.2, 0.25) is 0 Å². The second-order valence-corrected chi connectivity index (χ2v) is 11.4. The third kappa shape index (κ3) is 38.6. The molecule has 0 aromatic heterocycles. The molecule has 2 atom stereocenters. The molecule has 0 aliphatic heterocycles. The zero-order chi connectivity index (χ0) is 27.9. The van der Waals surface area contributed by atoms with E-state index < -0.39 is 7.82 Å². The van der Waals surface area contributed by atoms with Crippen molar-refractivity contribution in [3.8, 4) is 0 Å². The molecule has 0 aliphatic carbocycles. The van der Waals surface area contributed by atoms with Gasteiger partial charge in [0.25, 0.3) is 0 Å². The van der Waals surface area contributed by atoms with Crippen LogP contribution in [-0.4, -0.2) is 29.5 Å². The summed E-state index contributed by atoms with van der Waals surface area (Å²) in [4.78, 5) is 16.9. The van der Waals surface area contributed by atoms with Gasteiger partial charge < -0.3 is 21.3 Å². The lowest BCUT2D eigenvalue weighted by Gasteiger charge is -2.09. The number of phosphoric acid groups is 1. The molecule has 0 saturated heterocycles. The van der Waals surface area contributed by atoms with Crippen molar-refractivity contribution in [3.05, 3.63) is 0 Å². The average Bonchev–Trinajstić information content (AvgIpc) is 2.86. The Labute approximate surface area is 226 Å². The highest BCUT2D eigenvalue weighted by atomic mass is 31.2. The third-order valence-electron chi connectivity index (χ3n) is 6.76. The largest absolute Gasteiger partial charge is 0.469 e. The van der Waals surface area contributed by atoms with Gasteiger partial charge in [0, 0.05) is 0 Å². The van der Waals surface area contributed by atoms with Gasteiger partial charge in [-0.1, -0.05) is 137 Å². The van der Waals surface area contributed by atoms with Gasteiger partial charge in [0.05, 0.1) is 6.61 Å². The number of hydrogen-bond donors (Lipinski definition) is 4. The standard InChI is InChI=1S/C13H29O4P.2C8H19N/c1-2-3-4-5-6-7-8-9-10-11-12-13-17-18(14,15)16;2*1-3-5-6-8(4-2)7-9/h2-13H2,1H3,(H2,14,15,16);2*8H,3-7,9H2,1-2H3. The van der Waals surface area contributed by atoms with E-state index in [0.29, 0.717) is 0 Å². The van der Waals surface area contributed by atoms with Gasteiger partial charge in [-0.05, 0) is 44.2 Å². The second kappa shape index (κ2) is 33.1. The van der Waals surface area contributed by atoms with Crippen molar-refractivity contribution in [1.29, 1.82) is 0 Å². The van der Waals surface area contributed by atoms with Gasteiger partial charge in [-0.2, -0.15) is 0 Å². The quantitative estimate of drug-likeness (QED) is 0.0762. The molecule has 0 aromatic rings. The van der Waals surface area contributed by atoms with Crippen LogP contribution in [0.1, 0.15) is 157 Å². The Morgan fingerprint density at radius 3 is 1.19 bits per heavy atom.